The first-order valence-electron chi connectivity index (χ1n) is 11.2. The summed E-state index contributed by atoms with van der Waals surface area (Å²) in [5.74, 6) is 0.533. The second-order valence-electron chi connectivity index (χ2n) is 7.99. The molecule has 3 aromatic rings. The molecule has 0 fully saturated rings. The van der Waals surface area contributed by atoms with Gasteiger partial charge in [-0.15, -0.1) is 11.8 Å². The molecule has 35 heavy (non-hydrogen) atoms. The van der Waals surface area contributed by atoms with Gasteiger partial charge in [0, 0.05) is 30.3 Å². The quantitative estimate of drug-likeness (QED) is 0.291. The van der Waals surface area contributed by atoms with E-state index < -0.39 is 6.04 Å². The Bertz CT molecular complexity index is 1130. The molecule has 4 nitrogen and oxygen atoms in total. The minimum atomic E-state index is -0.647. The van der Waals surface area contributed by atoms with Crippen molar-refractivity contribution in [1.82, 2.24) is 10.2 Å². The molecule has 0 aliphatic rings. The number of likely N-dealkylation sites (N-methyl/N-ethyl adjacent to an activating group) is 1. The van der Waals surface area contributed by atoms with E-state index in [1.807, 2.05) is 55.5 Å². The number of hydrogen-bond donors (Lipinski definition) is 1. The van der Waals surface area contributed by atoms with Gasteiger partial charge in [0.15, 0.2) is 0 Å². The second kappa shape index (κ2) is 13.8. The van der Waals surface area contributed by atoms with Gasteiger partial charge < -0.3 is 10.2 Å². The zero-order chi connectivity index (χ0) is 25.2. The summed E-state index contributed by atoms with van der Waals surface area (Å²) in [6.45, 7) is 2.66. The average molecular weight is 550 g/mol. The lowest BCUT2D eigenvalue weighted by atomic mass is 10.0. The zero-order valence-electron chi connectivity index (χ0n) is 19.3. The highest BCUT2D eigenvalue weighted by molar-refractivity contribution is 7.99. The lowest BCUT2D eigenvalue weighted by Crippen LogP contribution is -2.51. The molecule has 2 amide bonds. The van der Waals surface area contributed by atoms with Crippen LogP contribution in [0, 0.1) is 0 Å². The fraction of sp³-hybridized carbons (Fsp3) is 0.259. The molecule has 0 spiro atoms. The van der Waals surface area contributed by atoms with Crippen molar-refractivity contribution in [3.05, 3.63) is 105 Å². The highest BCUT2D eigenvalue weighted by Gasteiger charge is 2.30. The Hall–Kier alpha value is -2.18. The molecule has 1 N–H and O–H groups in total. The maximum atomic E-state index is 13.5. The van der Waals surface area contributed by atoms with Crippen LogP contribution in [-0.2, 0) is 28.3 Å². The van der Waals surface area contributed by atoms with Crippen molar-refractivity contribution in [2.45, 2.75) is 31.7 Å². The van der Waals surface area contributed by atoms with Gasteiger partial charge in [0.2, 0.25) is 11.8 Å². The van der Waals surface area contributed by atoms with Gasteiger partial charge in [-0.2, -0.15) is 0 Å². The van der Waals surface area contributed by atoms with Crippen LogP contribution in [0.15, 0.2) is 72.8 Å². The Morgan fingerprint density at radius 3 is 2.23 bits per heavy atom. The van der Waals surface area contributed by atoms with Gasteiger partial charge in [-0.05, 0) is 47.9 Å². The van der Waals surface area contributed by atoms with Crippen molar-refractivity contribution in [1.29, 1.82) is 0 Å². The number of thioether (sulfide) groups is 1. The third-order valence-electron chi connectivity index (χ3n) is 5.37. The number of nitrogens with zero attached hydrogens (tertiary/aromatic N) is 1. The van der Waals surface area contributed by atoms with E-state index in [1.165, 1.54) is 11.8 Å². The third-order valence-corrected chi connectivity index (χ3v) is 7.35. The molecular formula is C27H27Cl3N2O2S. The molecule has 3 rings (SSSR count). The predicted octanol–water partition coefficient (Wildman–Crippen LogP) is 6.66. The molecular weight excluding hydrogens is 523 g/mol. The van der Waals surface area contributed by atoms with Gasteiger partial charge in [-0.3, -0.25) is 9.59 Å². The molecule has 0 saturated carbocycles. The normalized spacial score (nSPS) is 11.7. The van der Waals surface area contributed by atoms with Crippen molar-refractivity contribution in [2.75, 3.05) is 12.3 Å². The lowest BCUT2D eigenvalue weighted by molar-refractivity contribution is -0.139. The molecule has 0 saturated heterocycles. The summed E-state index contributed by atoms with van der Waals surface area (Å²) in [7, 11) is 0. The molecule has 0 unspecified atom stereocenters. The second-order valence-corrected chi connectivity index (χ2v) is 10.2. The molecule has 184 valence electrons. The molecule has 0 aromatic heterocycles. The van der Waals surface area contributed by atoms with Crippen LogP contribution in [0.3, 0.4) is 0 Å². The Morgan fingerprint density at radius 1 is 0.886 bits per heavy atom. The SMILES string of the molecule is CCNC(=O)[C@H](Cc1ccccc1)N(Cc1ccc(Cl)cc1)C(=O)CSCc1ccc(Cl)c(Cl)c1. The van der Waals surface area contributed by atoms with E-state index in [0.29, 0.717) is 40.3 Å². The molecule has 3 aromatic carbocycles. The fourth-order valence-corrected chi connectivity index (χ4v) is 4.91. The smallest absolute Gasteiger partial charge is 0.243 e. The summed E-state index contributed by atoms with van der Waals surface area (Å²) >= 11 is 19.7. The summed E-state index contributed by atoms with van der Waals surface area (Å²) in [5.41, 5.74) is 2.87. The van der Waals surface area contributed by atoms with Crippen LogP contribution in [0.5, 0.6) is 0 Å². The minimum Gasteiger partial charge on any atom is -0.355 e. The number of rotatable bonds is 11. The molecule has 0 bridgehead atoms. The number of benzene rings is 3. The first kappa shape index (κ1) is 27.4. The standard InChI is InChI=1S/C27H27Cl3N2O2S/c1-2-31-27(34)25(15-19-6-4-3-5-7-19)32(16-20-8-11-22(28)12-9-20)26(33)18-35-17-21-10-13-23(29)24(30)14-21/h3-14,25H,2,15-18H2,1H3,(H,31,34)/t25-/m0/s1. The van der Waals surface area contributed by atoms with Crippen LogP contribution in [0.1, 0.15) is 23.6 Å². The maximum absolute atomic E-state index is 13.5. The highest BCUT2D eigenvalue weighted by atomic mass is 35.5. The van der Waals surface area contributed by atoms with Gasteiger partial charge in [0.1, 0.15) is 6.04 Å². The molecule has 0 radical (unpaired) electrons. The van der Waals surface area contributed by atoms with E-state index in [4.69, 9.17) is 34.8 Å². The van der Waals surface area contributed by atoms with Gasteiger partial charge in [0.25, 0.3) is 0 Å². The van der Waals surface area contributed by atoms with Crippen molar-refractivity contribution in [3.8, 4) is 0 Å². The first-order valence-corrected chi connectivity index (χ1v) is 13.5. The minimum absolute atomic E-state index is 0.114. The number of carbonyl (C=O) groups excluding carboxylic acids is 2. The maximum Gasteiger partial charge on any atom is 0.243 e. The lowest BCUT2D eigenvalue weighted by Gasteiger charge is -2.31. The summed E-state index contributed by atoms with van der Waals surface area (Å²) < 4.78 is 0. The van der Waals surface area contributed by atoms with Crippen LogP contribution >= 0.6 is 46.6 Å². The Kier molecular flexibility index (Phi) is 10.8. The zero-order valence-corrected chi connectivity index (χ0v) is 22.4. The number of nitrogens with one attached hydrogen (secondary N) is 1. The number of halogens is 3. The van der Waals surface area contributed by atoms with Crippen LogP contribution < -0.4 is 5.32 Å². The van der Waals surface area contributed by atoms with Crippen molar-refractivity contribution < 1.29 is 9.59 Å². The van der Waals surface area contributed by atoms with Gasteiger partial charge in [-0.25, -0.2) is 0 Å². The monoisotopic (exact) mass is 548 g/mol. The topological polar surface area (TPSA) is 49.4 Å². The van der Waals surface area contributed by atoms with E-state index in [-0.39, 0.29) is 17.6 Å². The first-order chi connectivity index (χ1) is 16.9. The van der Waals surface area contributed by atoms with Gasteiger partial charge >= 0.3 is 0 Å². The Morgan fingerprint density at radius 2 is 1.57 bits per heavy atom. The van der Waals surface area contributed by atoms with Crippen molar-refractivity contribution in [3.63, 3.8) is 0 Å². The predicted molar refractivity (Wildman–Crippen MR) is 147 cm³/mol. The molecule has 0 heterocycles. The van der Waals surface area contributed by atoms with Crippen LogP contribution in [0.2, 0.25) is 15.1 Å². The molecule has 0 aliphatic carbocycles. The summed E-state index contributed by atoms with van der Waals surface area (Å²) in [5, 5.41) is 4.50. The average Bonchev–Trinajstić information content (AvgIpc) is 2.85. The van der Waals surface area contributed by atoms with Crippen molar-refractivity contribution >= 4 is 58.4 Å². The Labute approximate surface area is 225 Å². The fourth-order valence-electron chi connectivity index (χ4n) is 3.60. The van der Waals surface area contributed by atoms with E-state index in [2.05, 4.69) is 5.32 Å². The molecule has 8 heteroatoms. The van der Waals surface area contributed by atoms with E-state index in [9.17, 15) is 9.59 Å². The van der Waals surface area contributed by atoms with Gasteiger partial charge in [-0.1, -0.05) is 83.3 Å². The van der Waals surface area contributed by atoms with Crippen LogP contribution in [0.25, 0.3) is 0 Å². The van der Waals surface area contributed by atoms with Gasteiger partial charge in [0.05, 0.1) is 15.8 Å². The largest absolute Gasteiger partial charge is 0.355 e. The Balaban J connectivity index is 1.81. The molecule has 1 atom stereocenters. The van der Waals surface area contributed by atoms with E-state index in [1.54, 1.807) is 29.2 Å². The van der Waals surface area contributed by atoms with E-state index >= 15 is 0 Å². The number of amides is 2. The highest BCUT2D eigenvalue weighted by Crippen LogP contribution is 2.25. The van der Waals surface area contributed by atoms with Crippen LogP contribution in [-0.4, -0.2) is 35.1 Å². The number of hydrogen-bond acceptors (Lipinski definition) is 3. The third kappa shape index (κ3) is 8.46. The summed E-state index contributed by atoms with van der Waals surface area (Å²) in [6, 6.07) is 21.9. The number of carbonyl (C=O) groups is 2. The van der Waals surface area contributed by atoms with Crippen molar-refractivity contribution in [2.24, 2.45) is 0 Å². The van der Waals surface area contributed by atoms with Crippen LogP contribution in [0.4, 0.5) is 0 Å². The summed E-state index contributed by atoms with van der Waals surface area (Å²) in [4.78, 5) is 28.3. The molecule has 0 aliphatic heterocycles. The van der Waals surface area contributed by atoms with E-state index in [0.717, 1.165) is 16.7 Å². The summed E-state index contributed by atoms with van der Waals surface area (Å²) in [6.07, 6.45) is 0.420.